The minimum atomic E-state index is -0.525. The van der Waals surface area contributed by atoms with Gasteiger partial charge in [-0.15, -0.1) is 0 Å². The van der Waals surface area contributed by atoms with Crippen molar-refractivity contribution in [2.75, 3.05) is 11.9 Å². The van der Waals surface area contributed by atoms with Crippen molar-refractivity contribution >= 4 is 35.0 Å². The normalized spacial score (nSPS) is 17.9. The smallest absolute Gasteiger partial charge is 0.411 e. The van der Waals surface area contributed by atoms with E-state index in [9.17, 15) is 4.79 Å². The van der Waals surface area contributed by atoms with Crippen LogP contribution >= 0.6 is 23.2 Å². The first kappa shape index (κ1) is 16.4. The van der Waals surface area contributed by atoms with Crippen LogP contribution in [0.5, 0.6) is 0 Å². The Morgan fingerprint density at radius 1 is 1.19 bits per heavy atom. The Kier molecular flexibility index (Phi) is 5.73. The maximum Gasteiger partial charge on any atom is 0.411 e. The second kappa shape index (κ2) is 7.34. The Balaban J connectivity index is 1.85. The first-order valence-electron chi connectivity index (χ1n) is 7.16. The summed E-state index contributed by atoms with van der Waals surface area (Å²) in [7, 11) is 0. The number of nitrogens with two attached hydrogens (primary N) is 1. The number of hydrogen-bond acceptors (Lipinski definition) is 3. The molecule has 1 fully saturated rings. The molecule has 4 nitrogen and oxygen atoms in total. The minimum Gasteiger partial charge on any atom is -0.447 e. The van der Waals surface area contributed by atoms with E-state index in [2.05, 4.69) is 5.32 Å². The topological polar surface area (TPSA) is 64.3 Å². The molecule has 2 rings (SSSR count). The van der Waals surface area contributed by atoms with E-state index in [4.69, 9.17) is 33.7 Å². The summed E-state index contributed by atoms with van der Waals surface area (Å²) in [5.41, 5.74) is 6.45. The number of hydrogen-bond donors (Lipinski definition) is 2. The number of anilines is 1. The molecular formula is C15H20Cl2N2O2. The Hall–Kier alpha value is -0.970. The molecule has 1 amide bonds. The number of ether oxygens (including phenoxy) is 1. The number of carbonyl (C=O) groups excluding carboxylic acids is 1. The molecule has 1 aliphatic carbocycles. The van der Waals surface area contributed by atoms with Crippen molar-refractivity contribution < 1.29 is 9.53 Å². The average molecular weight is 331 g/mol. The van der Waals surface area contributed by atoms with Crippen LogP contribution in [0.25, 0.3) is 0 Å². The Morgan fingerprint density at radius 2 is 1.86 bits per heavy atom. The third kappa shape index (κ3) is 5.06. The number of carbonyl (C=O) groups is 1. The van der Waals surface area contributed by atoms with Crippen LogP contribution in [0.15, 0.2) is 18.2 Å². The van der Waals surface area contributed by atoms with Gasteiger partial charge in [-0.3, -0.25) is 5.32 Å². The van der Waals surface area contributed by atoms with Crippen LogP contribution in [0, 0.1) is 0 Å². The highest BCUT2D eigenvalue weighted by Crippen LogP contribution is 2.26. The van der Waals surface area contributed by atoms with Gasteiger partial charge in [-0.1, -0.05) is 48.9 Å². The summed E-state index contributed by atoms with van der Waals surface area (Å²) in [5, 5.41) is 3.45. The van der Waals surface area contributed by atoms with E-state index >= 15 is 0 Å². The molecule has 0 bridgehead atoms. The summed E-state index contributed by atoms with van der Waals surface area (Å²) in [6.45, 7) is 0.236. The number of benzene rings is 1. The van der Waals surface area contributed by atoms with Gasteiger partial charge >= 0.3 is 6.09 Å². The molecule has 1 aromatic rings. The van der Waals surface area contributed by atoms with Gasteiger partial charge in [-0.2, -0.15) is 0 Å². The monoisotopic (exact) mass is 330 g/mol. The summed E-state index contributed by atoms with van der Waals surface area (Å²) in [6, 6.07) is 4.86. The Labute approximate surface area is 134 Å². The SMILES string of the molecule is NC1(COC(=O)Nc2ccc(Cl)c(Cl)c2)CCCCCC1. The van der Waals surface area contributed by atoms with Crippen molar-refractivity contribution in [1.82, 2.24) is 0 Å². The van der Waals surface area contributed by atoms with Crippen LogP contribution in [0.1, 0.15) is 38.5 Å². The van der Waals surface area contributed by atoms with E-state index in [1.807, 2.05) is 0 Å². The van der Waals surface area contributed by atoms with E-state index in [-0.39, 0.29) is 6.61 Å². The summed E-state index contributed by atoms with van der Waals surface area (Å²) in [4.78, 5) is 11.8. The van der Waals surface area contributed by atoms with E-state index in [0.29, 0.717) is 15.7 Å². The maximum absolute atomic E-state index is 11.8. The maximum atomic E-state index is 11.8. The highest BCUT2D eigenvalue weighted by atomic mass is 35.5. The largest absolute Gasteiger partial charge is 0.447 e. The molecule has 21 heavy (non-hydrogen) atoms. The molecule has 6 heteroatoms. The summed E-state index contributed by atoms with van der Waals surface area (Å²) >= 11 is 11.7. The van der Waals surface area contributed by atoms with Gasteiger partial charge in [0.05, 0.1) is 15.6 Å². The van der Waals surface area contributed by atoms with Crippen LogP contribution in [0.2, 0.25) is 10.0 Å². The van der Waals surface area contributed by atoms with Crippen molar-refractivity contribution in [3.63, 3.8) is 0 Å². The zero-order valence-electron chi connectivity index (χ0n) is 11.8. The third-order valence-electron chi connectivity index (χ3n) is 3.76. The molecule has 0 saturated heterocycles. The van der Waals surface area contributed by atoms with Crippen LogP contribution in [-0.2, 0) is 4.74 Å². The van der Waals surface area contributed by atoms with Gasteiger partial charge in [0.2, 0.25) is 0 Å². The summed E-state index contributed by atoms with van der Waals surface area (Å²) < 4.78 is 5.26. The van der Waals surface area contributed by atoms with Crippen molar-refractivity contribution in [3.8, 4) is 0 Å². The molecule has 0 radical (unpaired) electrons. The zero-order chi connectivity index (χ0) is 15.3. The second-order valence-electron chi connectivity index (χ2n) is 5.61. The Bertz CT molecular complexity index is 500. The predicted molar refractivity (Wildman–Crippen MR) is 86.1 cm³/mol. The molecule has 1 aliphatic rings. The van der Waals surface area contributed by atoms with Gasteiger partial charge in [0.1, 0.15) is 6.61 Å². The molecule has 0 atom stereocenters. The first-order valence-corrected chi connectivity index (χ1v) is 7.92. The van der Waals surface area contributed by atoms with Crippen LogP contribution in [-0.4, -0.2) is 18.2 Å². The summed E-state index contributed by atoms with van der Waals surface area (Å²) in [6.07, 6.45) is 5.85. The molecule has 0 spiro atoms. The fourth-order valence-electron chi connectivity index (χ4n) is 2.51. The van der Waals surface area contributed by atoms with Crippen molar-refractivity contribution in [2.45, 2.75) is 44.1 Å². The number of nitrogens with one attached hydrogen (secondary N) is 1. The molecule has 0 aliphatic heterocycles. The van der Waals surface area contributed by atoms with Crippen LogP contribution in [0.3, 0.4) is 0 Å². The zero-order valence-corrected chi connectivity index (χ0v) is 13.3. The lowest BCUT2D eigenvalue weighted by molar-refractivity contribution is 0.122. The van der Waals surface area contributed by atoms with Crippen molar-refractivity contribution in [1.29, 1.82) is 0 Å². The average Bonchev–Trinajstić information content (AvgIpc) is 2.66. The highest BCUT2D eigenvalue weighted by Gasteiger charge is 2.27. The Morgan fingerprint density at radius 3 is 2.48 bits per heavy atom. The lowest BCUT2D eigenvalue weighted by atomic mass is 9.93. The molecule has 0 unspecified atom stereocenters. The van der Waals surface area contributed by atoms with Crippen molar-refractivity contribution in [3.05, 3.63) is 28.2 Å². The van der Waals surface area contributed by atoms with Gasteiger partial charge in [-0.25, -0.2) is 4.79 Å². The fourth-order valence-corrected chi connectivity index (χ4v) is 2.81. The molecular weight excluding hydrogens is 311 g/mol. The molecule has 0 aromatic heterocycles. The lowest BCUT2D eigenvalue weighted by Crippen LogP contribution is -2.45. The molecule has 1 aromatic carbocycles. The van der Waals surface area contributed by atoms with E-state index in [0.717, 1.165) is 25.7 Å². The molecule has 1 saturated carbocycles. The van der Waals surface area contributed by atoms with Gasteiger partial charge in [-0.05, 0) is 31.0 Å². The van der Waals surface area contributed by atoms with Crippen molar-refractivity contribution in [2.24, 2.45) is 5.73 Å². The number of rotatable bonds is 3. The predicted octanol–water partition coefficient (Wildman–Crippen LogP) is 4.59. The third-order valence-corrected chi connectivity index (χ3v) is 4.50. The van der Waals surface area contributed by atoms with Gasteiger partial charge in [0, 0.05) is 5.69 Å². The minimum absolute atomic E-state index is 0.236. The lowest BCUT2D eigenvalue weighted by Gasteiger charge is -2.27. The van der Waals surface area contributed by atoms with E-state index in [1.165, 1.54) is 12.8 Å². The molecule has 116 valence electrons. The quantitative estimate of drug-likeness (QED) is 0.796. The van der Waals surface area contributed by atoms with E-state index in [1.54, 1.807) is 18.2 Å². The standard InChI is InChI=1S/C15H20Cl2N2O2/c16-12-6-5-11(9-13(12)17)19-14(20)21-10-15(18)7-3-1-2-4-8-15/h5-6,9H,1-4,7-8,10,18H2,(H,19,20). The van der Waals surface area contributed by atoms with Gasteiger partial charge in [0.15, 0.2) is 0 Å². The molecule has 3 N–H and O–H groups in total. The van der Waals surface area contributed by atoms with E-state index < -0.39 is 11.6 Å². The second-order valence-corrected chi connectivity index (χ2v) is 6.42. The van der Waals surface area contributed by atoms with Gasteiger partial charge < -0.3 is 10.5 Å². The number of halogens is 2. The molecule has 0 heterocycles. The van der Waals surface area contributed by atoms with Crippen LogP contribution < -0.4 is 11.1 Å². The summed E-state index contributed by atoms with van der Waals surface area (Å²) in [5.74, 6) is 0. The highest BCUT2D eigenvalue weighted by molar-refractivity contribution is 6.42. The van der Waals surface area contributed by atoms with Gasteiger partial charge in [0.25, 0.3) is 0 Å². The number of amides is 1. The van der Waals surface area contributed by atoms with Crippen LogP contribution in [0.4, 0.5) is 10.5 Å². The fraction of sp³-hybridized carbons (Fsp3) is 0.533. The first-order chi connectivity index (χ1) is 9.98.